The van der Waals surface area contributed by atoms with Gasteiger partial charge in [0.25, 0.3) is 0 Å². The molecular weight excluding hydrogens is 350 g/mol. The molecule has 2 N–H and O–H groups in total. The van der Waals surface area contributed by atoms with Gasteiger partial charge in [-0.3, -0.25) is 9.89 Å². The first-order valence-corrected chi connectivity index (χ1v) is 10.6. The monoisotopic (exact) mass is 389 g/mol. The Kier molecular flexibility index (Phi) is 10.3. The van der Waals surface area contributed by atoms with E-state index in [0.29, 0.717) is 12.1 Å². The second kappa shape index (κ2) is 12.8. The molecule has 28 heavy (non-hydrogen) atoms. The predicted octanol–water partition coefficient (Wildman–Crippen LogP) is 2.17. The van der Waals surface area contributed by atoms with Crippen molar-refractivity contribution >= 4 is 5.96 Å². The van der Waals surface area contributed by atoms with Crippen LogP contribution in [-0.4, -0.2) is 81.3 Å². The maximum Gasteiger partial charge on any atom is 0.191 e. The second-order valence-corrected chi connectivity index (χ2v) is 7.75. The van der Waals surface area contributed by atoms with E-state index in [-0.39, 0.29) is 0 Å². The van der Waals surface area contributed by atoms with E-state index in [2.05, 4.69) is 71.7 Å². The molecule has 0 aliphatic carbocycles. The highest BCUT2D eigenvalue weighted by Crippen LogP contribution is 2.20. The molecule has 1 aliphatic rings. The van der Waals surface area contributed by atoms with E-state index in [4.69, 9.17) is 9.73 Å². The highest BCUT2D eigenvalue weighted by atomic mass is 16.5. The zero-order valence-electron chi connectivity index (χ0n) is 18.2. The summed E-state index contributed by atoms with van der Waals surface area (Å²) in [5, 5.41) is 7.05. The van der Waals surface area contributed by atoms with Gasteiger partial charge < -0.3 is 20.3 Å². The smallest absolute Gasteiger partial charge is 0.191 e. The quantitative estimate of drug-likeness (QED) is 0.345. The average molecular weight is 390 g/mol. The predicted molar refractivity (Wildman–Crippen MR) is 118 cm³/mol. The summed E-state index contributed by atoms with van der Waals surface area (Å²) in [6.45, 7) is 11.0. The van der Waals surface area contributed by atoms with Gasteiger partial charge in [0.05, 0.1) is 6.61 Å². The standard InChI is InChI=1S/C22H39N5O/c1-5-23-22(24-12-9-13-26(3)14-15-28-4)25-21-16-19(2)27(18-21)17-20-10-7-6-8-11-20/h6-8,10-11,19,21H,5,9,12-18H2,1-4H3,(H2,23,24,25). The van der Waals surface area contributed by atoms with Gasteiger partial charge in [-0.15, -0.1) is 0 Å². The number of nitrogens with one attached hydrogen (secondary N) is 2. The van der Waals surface area contributed by atoms with E-state index in [0.717, 1.165) is 64.7 Å². The van der Waals surface area contributed by atoms with Crippen LogP contribution in [-0.2, 0) is 11.3 Å². The third-order valence-corrected chi connectivity index (χ3v) is 5.26. The van der Waals surface area contributed by atoms with E-state index < -0.39 is 0 Å². The van der Waals surface area contributed by atoms with Gasteiger partial charge in [0.1, 0.15) is 0 Å². The molecule has 2 rings (SSSR count). The van der Waals surface area contributed by atoms with Gasteiger partial charge in [0, 0.05) is 51.9 Å². The number of aliphatic imine (C=N–C) groups is 1. The van der Waals surface area contributed by atoms with Gasteiger partial charge >= 0.3 is 0 Å². The largest absolute Gasteiger partial charge is 0.383 e. The molecule has 0 aromatic heterocycles. The molecule has 2 unspecified atom stereocenters. The first-order valence-electron chi connectivity index (χ1n) is 10.6. The van der Waals surface area contributed by atoms with Crippen LogP contribution in [0, 0.1) is 0 Å². The number of methoxy groups -OCH3 is 1. The third-order valence-electron chi connectivity index (χ3n) is 5.26. The van der Waals surface area contributed by atoms with Gasteiger partial charge in [0.2, 0.25) is 0 Å². The lowest BCUT2D eigenvalue weighted by Crippen LogP contribution is -2.44. The van der Waals surface area contributed by atoms with Gasteiger partial charge in [-0.05, 0) is 45.8 Å². The van der Waals surface area contributed by atoms with E-state index in [1.165, 1.54) is 5.56 Å². The zero-order chi connectivity index (χ0) is 20.2. The molecule has 158 valence electrons. The molecule has 6 nitrogen and oxygen atoms in total. The van der Waals surface area contributed by atoms with Crippen molar-refractivity contribution in [3.63, 3.8) is 0 Å². The number of rotatable bonds is 11. The molecule has 0 amide bonds. The maximum atomic E-state index is 5.12. The Hall–Kier alpha value is -1.63. The average Bonchev–Trinajstić information content (AvgIpc) is 3.03. The van der Waals surface area contributed by atoms with E-state index >= 15 is 0 Å². The third kappa shape index (κ3) is 8.17. The molecule has 1 heterocycles. The topological polar surface area (TPSA) is 52.1 Å². The van der Waals surface area contributed by atoms with E-state index in [1.54, 1.807) is 7.11 Å². The molecule has 0 bridgehead atoms. The molecule has 1 saturated heterocycles. The molecule has 1 aromatic rings. The first-order chi connectivity index (χ1) is 13.6. The molecule has 2 atom stereocenters. The SMILES string of the molecule is CCNC(=NCCCN(C)CCOC)NC1CC(C)N(Cc2ccccc2)C1. The Labute approximate surface area is 171 Å². The van der Waals surface area contributed by atoms with E-state index in [9.17, 15) is 0 Å². The molecule has 0 spiro atoms. The lowest BCUT2D eigenvalue weighted by Gasteiger charge is -2.21. The number of likely N-dealkylation sites (N-methyl/N-ethyl adjacent to an activating group) is 1. The fourth-order valence-electron chi connectivity index (χ4n) is 3.65. The summed E-state index contributed by atoms with van der Waals surface area (Å²) in [6, 6.07) is 11.8. The number of ether oxygens (including phenoxy) is 1. The van der Waals surface area contributed by atoms with Crippen molar-refractivity contribution in [3.8, 4) is 0 Å². The van der Waals surface area contributed by atoms with Gasteiger partial charge in [0.15, 0.2) is 5.96 Å². The van der Waals surface area contributed by atoms with E-state index in [1.807, 2.05) is 0 Å². The number of hydrogen-bond acceptors (Lipinski definition) is 4. The lowest BCUT2D eigenvalue weighted by atomic mass is 10.2. The number of likely N-dealkylation sites (tertiary alicyclic amines) is 1. The van der Waals surface area contributed by atoms with Gasteiger partial charge in [-0.2, -0.15) is 0 Å². The minimum absolute atomic E-state index is 0.445. The van der Waals surface area contributed by atoms with Crippen molar-refractivity contribution in [3.05, 3.63) is 35.9 Å². The fraction of sp³-hybridized carbons (Fsp3) is 0.682. The highest BCUT2D eigenvalue weighted by Gasteiger charge is 2.29. The van der Waals surface area contributed by atoms with Crippen LogP contribution >= 0.6 is 0 Å². The minimum Gasteiger partial charge on any atom is -0.383 e. The molecule has 1 aromatic carbocycles. The Bertz CT molecular complexity index is 565. The van der Waals surface area contributed by atoms with Crippen molar-refractivity contribution in [1.82, 2.24) is 20.4 Å². The normalized spacial score (nSPS) is 20.7. The Morgan fingerprint density at radius 1 is 1.29 bits per heavy atom. The molecule has 0 saturated carbocycles. The van der Waals surface area contributed by atoms with Crippen molar-refractivity contribution in [2.75, 3.05) is 53.5 Å². The van der Waals surface area contributed by atoms with Crippen molar-refractivity contribution in [1.29, 1.82) is 0 Å². The van der Waals surface area contributed by atoms with Crippen LogP contribution in [0.4, 0.5) is 0 Å². The molecule has 0 radical (unpaired) electrons. The zero-order valence-corrected chi connectivity index (χ0v) is 18.2. The summed E-state index contributed by atoms with van der Waals surface area (Å²) in [6.07, 6.45) is 2.20. The summed E-state index contributed by atoms with van der Waals surface area (Å²) in [5.74, 6) is 0.945. The minimum atomic E-state index is 0.445. The number of benzene rings is 1. The number of hydrogen-bond donors (Lipinski definition) is 2. The molecule has 6 heteroatoms. The van der Waals surface area contributed by atoms with Crippen LogP contribution in [0.1, 0.15) is 32.3 Å². The van der Waals surface area contributed by atoms with Gasteiger partial charge in [-0.25, -0.2) is 0 Å². The first kappa shape index (κ1) is 22.7. The number of guanidine groups is 1. The van der Waals surface area contributed by atoms with Crippen LogP contribution in [0.3, 0.4) is 0 Å². The Morgan fingerprint density at radius 3 is 2.79 bits per heavy atom. The lowest BCUT2D eigenvalue weighted by molar-refractivity contribution is 0.161. The fourth-order valence-corrected chi connectivity index (χ4v) is 3.65. The Morgan fingerprint density at radius 2 is 2.07 bits per heavy atom. The molecule has 1 fully saturated rings. The summed E-state index contributed by atoms with van der Waals surface area (Å²) in [5.41, 5.74) is 1.38. The van der Waals surface area contributed by atoms with Crippen LogP contribution in [0.5, 0.6) is 0 Å². The molecule has 1 aliphatic heterocycles. The summed E-state index contributed by atoms with van der Waals surface area (Å²) >= 11 is 0. The summed E-state index contributed by atoms with van der Waals surface area (Å²) in [4.78, 5) is 9.63. The van der Waals surface area contributed by atoms with Crippen molar-refractivity contribution in [2.24, 2.45) is 4.99 Å². The summed E-state index contributed by atoms with van der Waals surface area (Å²) in [7, 11) is 3.88. The van der Waals surface area contributed by atoms with Crippen LogP contribution in [0.15, 0.2) is 35.3 Å². The number of nitrogens with zero attached hydrogens (tertiary/aromatic N) is 3. The summed E-state index contributed by atoms with van der Waals surface area (Å²) < 4.78 is 5.12. The maximum absolute atomic E-state index is 5.12. The van der Waals surface area contributed by atoms with Gasteiger partial charge in [-0.1, -0.05) is 30.3 Å². The Balaban J connectivity index is 1.78. The second-order valence-electron chi connectivity index (χ2n) is 7.75. The molecular formula is C22H39N5O. The highest BCUT2D eigenvalue weighted by molar-refractivity contribution is 5.80. The van der Waals surface area contributed by atoms with Crippen molar-refractivity contribution < 1.29 is 4.74 Å². The van der Waals surface area contributed by atoms with Crippen LogP contribution in [0.25, 0.3) is 0 Å². The van der Waals surface area contributed by atoms with Crippen molar-refractivity contribution in [2.45, 2.75) is 45.3 Å². The van der Waals surface area contributed by atoms with Crippen LogP contribution in [0.2, 0.25) is 0 Å². The van der Waals surface area contributed by atoms with Crippen LogP contribution < -0.4 is 10.6 Å².